The molecule has 0 heterocycles. The number of halogens is 1. The minimum absolute atomic E-state index is 0.176. The summed E-state index contributed by atoms with van der Waals surface area (Å²) >= 11 is 3.62. The summed E-state index contributed by atoms with van der Waals surface area (Å²) in [5.74, 6) is 0.176. The molecule has 134 valence electrons. The van der Waals surface area contributed by atoms with Crippen LogP contribution >= 0.6 is 15.9 Å². The molecule has 0 amide bonds. The summed E-state index contributed by atoms with van der Waals surface area (Å²) in [5.41, 5.74) is 10.0. The molecule has 4 aromatic carbocycles. The zero-order valence-electron chi connectivity index (χ0n) is 15.4. The maximum Gasteiger partial charge on any atom is 0.0346 e. The van der Waals surface area contributed by atoms with Gasteiger partial charge in [0.25, 0.3) is 0 Å². The van der Waals surface area contributed by atoms with Crippen molar-refractivity contribution >= 4 is 21.5 Å². The maximum atomic E-state index is 4.51. The number of benzene rings is 4. The van der Waals surface area contributed by atoms with Crippen molar-refractivity contribution in [2.75, 3.05) is 0 Å². The van der Waals surface area contributed by atoms with E-state index in [1.807, 2.05) is 0 Å². The van der Waals surface area contributed by atoms with Gasteiger partial charge in [0.15, 0.2) is 0 Å². The lowest BCUT2D eigenvalue weighted by molar-refractivity contribution is 1.04. The molecule has 0 N–H and O–H groups in total. The number of fused-ring (bicyclic) bond motifs is 3. The fraction of sp³-hybridized carbons (Fsp3) is 0.0370. The largest absolute Gasteiger partial charge is 0.0942 e. The zero-order chi connectivity index (χ0) is 19.1. The first-order valence-electron chi connectivity index (χ1n) is 9.46. The predicted molar refractivity (Wildman–Crippen MR) is 122 cm³/mol. The van der Waals surface area contributed by atoms with Crippen LogP contribution in [0.4, 0.5) is 0 Å². The SMILES string of the molecule is C=C1c2ccc(Br)cc2-c2ccccc2C1c1ccc(-c2ccccc2)cc1. The van der Waals surface area contributed by atoms with Gasteiger partial charge < -0.3 is 0 Å². The van der Waals surface area contributed by atoms with Gasteiger partial charge in [0.05, 0.1) is 0 Å². The molecule has 1 atom stereocenters. The highest BCUT2D eigenvalue weighted by atomic mass is 79.9. The fourth-order valence-corrected chi connectivity index (χ4v) is 4.60. The summed E-state index contributed by atoms with van der Waals surface area (Å²) in [7, 11) is 0. The van der Waals surface area contributed by atoms with E-state index in [0.29, 0.717) is 0 Å². The molecule has 0 nitrogen and oxygen atoms in total. The summed E-state index contributed by atoms with van der Waals surface area (Å²) in [6.45, 7) is 4.51. The standard InChI is InChI=1S/C27H19Br/c1-18-23-16-15-22(28)17-26(23)24-9-5-6-10-25(24)27(18)21-13-11-20(12-14-21)19-7-3-2-4-8-19/h2-17,27H,1H2. The van der Waals surface area contributed by atoms with Crippen molar-refractivity contribution in [2.45, 2.75) is 5.92 Å². The smallest absolute Gasteiger partial charge is 0.0346 e. The number of allylic oxidation sites excluding steroid dienone is 1. The molecule has 1 heteroatoms. The summed E-state index contributed by atoms with van der Waals surface area (Å²) in [6, 6.07) is 34.6. The van der Waals surface area contributed by atoms with E-state index in [1.54, 1.807) is 0 Å². The van der Waals surface area contributed by atoms with E-state index in [9.17, 15) is 0 Å². The normalized spacial score (nSPS) is 15.0. The van der Waals surface area contributed by atoms with Gasteiger partial charge in [-0.1, -0.05) is 107 Å². The minimum Gasteiger partial charge on any atom is -0.0942 e. The molecule has 28 heavy (non-hydrogen) atoms. The fourth-order valence-electron chi connectivity index (χ4n) is 4.24. The van der Waals surface area contributed by atoms with Crippen LogP contribution in [0.15, 0.2) is 108 Å². The average molecular weight is 423 g/mol. The van der Waals surface area contributed by atoms with Gasteiger partial charge in [-0.3, -0.25) is 0 Å². The van der Waals surface area contributed by atoms with Crippen LogP contribution in [0.25, 0.3) is 27.8 Å². The zero-order valence-corrected chi connectivity index (χ0v) is 17.0. The van der Waals surface area contributed by atoms with E-state index in [1.165, 1.54) is 38.9 Å². The van der Waals surface area contributed by atoms with Gasteiger partial charge in [0, 0.05) is 10.4 Å². The molecule has 5 rings (SSSR count). The van der Waals surface area contributed by atoms with Gasteiger partial charge in [0.1, 0.15) is 0 Å². The molecule has 0 aliphatic heterocycles. The van der Waals surface area contributed by atoms with Gasteiger partial charge in [-0.05, 0) is 56.6 Å². The third kappa shape index (κ3) is 2.83. The molecule has 0 saturated heterocycles. The van der Waals surface area contributed by atoms with Crippen molar-refractivity contribution in [3.8, 4) is 22.3 Å². The van der Waals surface area contributed by atoms with Gasteiger partial charge in [-0.25, -0.2) is 0 Å². The molecule has 0 saturated carbocycles. The topological polar surface area (TPSA) is 0 Å². The molecule has 0 radical (unpaired) electrons. The number of hydrogen-bond donors (Lipinski definition) is 0. The van der Waals surface area contributed by atoms with Crippen LogP contribution in [0, 0.1) is 0 Å². The summed E-state index contributed by atoms with van der Waals surface area (Å²) in [4.78, 5) is 0. The molecule has 0 bridgehead atoms. The molecule has 0 fully saturated rings. The Morgan fingerprint density at radius 2 is 1.29 bits per heavy atom. The minimum atomic E-state index is 0.176. The maximum absolute atomic E-state index is 4.51. The Kier molecular flexibility index (Phi) is 4.26. The lowest BCUT2D eigenvalue weighted by Gasteiger charge is -2.30. The average Bonchev–Trinajstić information content (AvgIpc) is 2.75. The van der Waals surface area contributed by atoms with Crippen molar-refractivity contribution in [1.82, 2.24) is 0 Å². The molecular weight excluding hydrogens is 404 g/mol. The first-order chi connectivity index (χ1) is 13.7. The van der Waals surface area contributed by atoms with Gasteiger partial charge in [-0.15, -0.1) is 0 Å². The van der Waals surface area contributed by atoms with Crippen molar-refractivity contribution < 1.29 is 0 Å². The van der Waals surface area contributed by atoms with Crippen molar-refractivity contribution in [1.29, 1.82) is 0 Å². The molecular formula is C27H19Br. The number of rotatable bonds is 2. The second-order valence-corrected chi connectivity index (χ2v) is 8.14. The highest BCUT2D eigenvalue weighted by Crippen LogP contribution is 2.49. The van der Waals surface area contributed by atoms with Gasteiger partial charge >= 0.3 is 0 Å². The Hall–Kier alpha value is -2.90. The summed E-state index contributed by atoms with van der Waals surface area (Å²) in [5, 5.41) is 0. The lowest BCUT2D eigenvalue weighted by Crippen LogP contribution is -2.11. The molecule has 4 aromatic rings. The Labute approximate surface area is 174 Å². The Morgan fingerprint density at radius 1 is 0.607 bits per heavy atom. The van der Waals surface area contributed by atoms with Crippen LogP contribution in [0.5, 0.6) is 0 Å². The number of hydrogen-bond acceptors (Lipinski definition) is 0. The highest BCUT2D eigenvalue weighted by molar-refractivity contribution is 9.10. The van der Waals surface area contributed by atoms with E-state index < -0.39 is 0 Å². The molecule has 1 aliphatic carbocycles. The van der Waals surface area contributed by atoms with Gasteiger partial charge in [-0.2, -0.15) is 0 Å². The van der Waals surface area contributed by atoms with Crippen LogP contribution in [0.2, 0.25) is 0 Å². The highest BCUT2D eigenvalue weighted by Gasteiger charge is 2.28. The molecule has 1 aliphatic rings. The monoisotopic (exact) mass is 422 g/mol. The van der Waals surface area contributed by atoms with E-state index in [-0.39, 0.29) is 5.92 Å². The Bertz CT molecular complexity index is 1170. The lowest BCUT2D eigenvalue weighted by atomic mass is 9.73. The van der Waals surface area contributed by atoms with Crippen LogP contribution in [-0.2, 0) is 0 Å². The van der Waals surface area contributed by atoms with E-state index in [2.05, 4.69) is 120 Å². The third-order valence-corrected chi connectivity index (χ3v) is 6.08. The van der Waals surface area contributed by atoms with E-state index in [4.69, 9.17) is 0 Å². The van der Waals surface area contributed by atoms with Crippen LogP contribution in [0.1, 0.15) is 22.6 Å². The first kappa shape index (κ1) is 17.2. The van der Waals surface area contributed by atoms with E-state index >= 15 is 0 Å². The quantitative estimate of drug-likeness (QED) is 0.307. The van der Waals surface area contributed by atoms with Crippen molar-refractivity contribution in [3.63, 3.8) is 0 Å². The first-order valence-corrected chi connectivity index (χ1v) is 10.2. The van der Waals surface area contributed by atoms with E-state index in [0.717, 1.165) is 10.0 Å². The molecule has 0 spiro atoms. The summed E-state index contributed by atoms with van der Waals surface area (Å²) in [6.07, 6.45) is 0. The predicted octanol–water partition coefficient (Wildman–Crippen LogP) is 7.94. The van der Waals surface area contributed by atoms with Crippen molar-refractivity contribution in [3.05, 3.63) is 125 Å². The molecule has 0 aromatic heterocycles. The van der Waals surface area contributed by atoms with Crippen LogP contribution in [0.3, 0.4) is 0 Å². The second kappa shape index (κ2) is 6.92. The summed E-state index contributed by atoms with van der Waals surface area (Å²) < 4.78 is 1.10. The third-order valence-electron chi connectivity index (χ3n) is 5.59. The second-order valence-electron chi connectivity index (χ2n) is 7.22. The Morgan fingerprint density at radius 3 is 2.07 bits per heavy atom. The molecule has 1 unspecified atom stereocenters. The van der Waals surface area contributed by atoms with Crippen LogP contribution in [-0.4, -0.2) is 0 Å². The van der Waals surface area contributed by atoms with Crippen LogP contribution < -0.4 is 0 Å². The van der Waals surface area contributed by atoms with Crippen molar-refractivity contribution in [2.24, 2.45) is 0 Å². The van der Waals surface area contributed by atoms with Gasteiger partial charge in [0.2, 0.25) is 0 Å². The Balaban J connectivity index is 1.62.